The number of carbonyl (C=O) groups excluding carboxylic acids is 3. The number of anilines is 1. The number of hydrogen-bond acceptors (Lipinski definition) is 5. The van der Waals surface area contributed by atoms with Crippen molar-refractivity contribution < 1.29 is 19.5 Å². The number of para-hydroxylation sites is 1. The molecule has 110 valence electrons. The van der Waals surface area contributed by atoms with Crippen molar-refractivity contribution in [1.29, 1.82) is 0 Å². The maximum atomic E-state index is 12.1. The highest BCUT2D eigenvalue weighted by Crippen LogP contribution is 2.23. The molecular weight excluding hydrogens is 292 g/mol. The van der Waals surface area contributed by atoms with Gasteiger partial charge in [0.05, 0.1) is 5.69 Å². The highest BCUT2D eigenvalue weighted by atomic mass is 32.1. The molecule has 0 aliphatic carbocycles. The molecule has 1 fully saturated rings. The van der Waals surface area contributed by atoms with Crippen LogP contribution < -0.4 is 10.0 Å². The van der Waals surface area contributed by atoms with E-state index in [2.05, 4.69) is 0 Å². The highest BCUT2D eigenvalue weighted by Gasteiger charge is 2.42. The maximum Gasteiger partial charge on any atom is 0.323 e. The lowest BCUT2D eigenvalue weighted by Crippen LogP contribution is -2.42. The van der Waals surface area contributed by atoms with E-state index in [9.17, 15) is 19.5 Å². The number of thiocarbonyl (C=S) groups is 1. The second-order valence-electron chi connectivity index (χ2n) is 4.60. The first-order chi connectivity index (χ1) is 9.97. The summed E-state index contributed by atoms with van der Waals surface area (Å²) in [5.41, 5.74) is 0.477. The number of carbonyl (C=O) groups is 3. The molecule has 0 radical (unpaired) electrons. The monoisotopic (exact) mass is 305 g/mol. The van der Waals surface area contributed by atoms with E-state index >= 15 is 0 Å². The fraction of sp³-hybridized carbons (Fsp3) is 0.286. The third-order valence-corrected chi connectivity index (χ3v) is 3.70. The van der Waals surface area contributed by atoms with Crippen LogP contribution in [0.4, 0.5) is 5.69 Å². The molecule has 0 bridgehead atoms. The molecule has 0 N–H and O–H groups in total. The van der Waals surface area contributed by atoms with Crippen LogP contribution in [0.25, 0.3) is 0 Å². The minimum atomic E-state index is -1.27. The fourth-order valence-electron chi connectivity index (χ4n) is 2.06. The first-order valence-electron chi connectivity index (χ1n) is 6.43. The van der Waals surface area contributed by atoms with Crippen molar-refractivity contribution in [3.05, 3.63) is 30.3 Å². The summed E-state index contributed by atoms with van der Waals surface area (Å²) in [6.07, 6.45) is 0.286. The van der Waals surface area contributed by atoms with E-state index in [1.54, 1.807) is 37.3 Å². The van der Waals surface area contributed by atoms with Gasteiger partial charge in [0, 0.05) is 18.4 Å². The Bertz CT molecular complexity index is 602. The van der Waals surface area contributed by atoms with Crippen LogP contribution in [-0.4, -0.2) is 34.3 Å². The molecule has 0 saturated carbocycles. The van der Waals surface area contributed by atoms with Gasteiger partial charge in [-0.1, -0.05) is 25.1 Å². The van der Waals surface area contributed by atoms with Crippen molar-refractivity contribution in [2.24, 2.45) is 5.92 Å². The Morgan fingerprint density at radius 2 is 1.86 bits per heavy atom. The summed E-state index contributed by atoms with van der Waals surface area (Å²) in [4.78, 5) is 37.2. The summed E-state index contributed by atoms with van der Waals surface area (Å²) in [5.74, 6) is -3.72. The van der Waals surface area contributed by atoms with Crippen molar-refractivity contribution in [2.45, 2.75) is 13.3 Å². The number of carboxylic acid groups (broad SMARTS) is 1. The molecule has 1 aliphatic rings. The predicted octanol–water partition coefficient (Wildman–Crippen LogP) is -0.0772. The van der Waals surface area contributed by atoms with E-state index in [0.717, 1.165) is 9.80 Å². The van der Waals surface area contributed by atoms with Gasteiger partial charge >= 0.3 is 11.8 Å². The molecule has 1 aliphatic heterocycles. The molecule has 2 amide bonds. The first-order valence-corrected chi connectivity index (χ1v) is 6.84. The molecule has 7 heteroatoms. The third kappa shape index (κ3) is 2.78. The van der Waals surface area contributed by atoms with E-state index in [-0.39, 0.29) is 18.1 Å². The van der Waals surface area contributed by atoms with Crippen LogP contribution in [0.3, 0.4) is 0 Å². The molecule has 0 spiro atoms. The summed E-state index contributed by atoms with van der Waals surface area (Å²) in [6, 6.07) is 8.51. The van der Waals surface area contributed by atoms with Crippen LogP contribution in [0.15, 0.2) is 30.3 Å². The molecule has 6 nitrogen and oxygen atoms in total. The maximum absolute atomic E-state index is 12.1. The van der Waals surface area contributed by atoms with E-state index in [4.69, 9.17) is 12.2 Å². The Hall–Kier alpha value is -2.28. The molecule has 1 heterocycles. The van der Waals surface area contributed by atoms with Gasteiger partial charge in [0.25, 0.3) is 0 Å². The molecule has 0 aromatic heterocycles. The van der Waals surface area contributed by atoms with E-state index in [0.29, 0.717) is 5.69 Å². The van der Waals surface area contributed by atoms with Crippen LogP contribution in [0, 0.1) is 5.92 Å². The first kappa shape index (κ1) is 15.1. The van der Waals surface area contributed by atoms with Crippen molar-refractivity contribution in [3.8, 4) is 0 Å². The van der Waals surface area contributed by atoms with Crippen LogP contribution in [0.2, 0.25) is 0 Å². The average molecular weight is 305 g/mol. The van der Waals surface area contributed by atoms with Gasteiger partial charge in [-0.3, -0.25) is 14.5 Å². The van der Waals surface area contributed by atoms with Gasteiger partial charge in [0.1, 0.15) is 0 Å². The average Bonchev–Trinajstić information content (AvgIpc) is 2.68. The molecule has 1 atom stereocenters. The van der Waals surface area contributed by atoms with Crippen LogP contribution in [-0.2, 0) is 14.4 Å². The van der Waals surface area contributed by atoms with Gasteiger partial charge in [0.15, 0.2) is 5.11 Å². The minimum Gasteiger partial charge on any atom is -0.550 e. The normalized spacial score (nSPS) is 16.5. The lowest BCUT2D eigenvalue weighted by molar-refractivity contribution is -0.311. The second kappa shape index (κ2) is 6.01. The van der Waals surface area contributed by atoms with Crippen LogP contribution >= 0.6 is 12.2 Å². The zero-order chi connectivity index (χ0) is 15.6. The number of carboxylic acids is 1. The summed E-state index contributed by atoms with van der Waals surface area (Å²) in [5, 5.41) is 11.0. The smallest absolute Gasteiger partial charge is 0.323 e. The Balaban J connectivity index is 2.27. The molecule has 1 aromatic carbocycles. The van der Waals surface area contributed by atoms with Crippen molar-refractivity contribution in [1.82, 2.24) is 4.90 Å². The molecule has 2 rings (SSSR count). The van der Waals surface area contributed by atoms with Crippen LogP contribution in [0.5, 0.6) is 0 Å². The largest absolute Gasteiger partial charge is 0.550 e. The minimum absolute atomic E-state index is 0.00380. The standard InChI is InChI=1S/C14H14N2O4S/c1-2-9(13(19)20)8-15-11(17)12(18)16(14(15)21)10-6-4-3-5-7-10/h3-7,9H,2,8H2,1H3,(H,19,20)/p-1. The Labute approximate surface area is 127 Å². The lowest BCUT2D eigenvalue weighted by atomic mass is 10.1. The summed E-state index contributed by atoms with van der Waals surface area (Å²) in [7, 11) is 0. The van der Waals surface area contributed by atoms with Crippen molar-refractivity contribution >= 4 is 40.8 Å². The van der Waals surface area contributed by atoms with Gasteiger partial charge in [-0.15, -0.1) is 0 Å². The van der Waals surface area contributed by atoms with Gasteiger partial charge < -0.3 is 9.90 Å². The molecular formula is C14H13N2O4S-. The number of amides is 2. The number of benzene rings is 1. The van der Waals surface area contributed by atoms with E-state index in [1.165, 1.54) is 0 Å². The zero-order valence-electron chi connectivity index (χ0n) is 11.3. The van der Waals surface area contributed by atoms with Crippen molar-refractivity contribution in [2.75, 3.05) is 11.4 Å². The number of nitrogens with zero attached hydrogens (tertiary/aromatic N) is 2. The number of hydrogen-bond donors (Lipinski definition) is 0. The molecule has 1 unspecified atom stereocenters. The Morgan fingerprint density at radius 1 is 1.24 bits per heavy atom. The van der Waals surface area contributed by atoms with Crippen LogP contribution in [0.1, 0.15) is 13.3 Å². The molecule has 21 heavy (non-hydrogen) atoms. The van der Waals surface area contributed by atoms with E-state index in [1.807, 2.05) is 0 Å². The Morgan fingerprint density at radius 3 is 2.38 bits per heavy atom. The lowest BCUT2D eigenvalue weighted by Gasteiger charge is -2.23. The fourth-order valence-corrected chi connectivity index (χ4v) is 2.41. The predicted molar refractivity (Wildman–Crippen MR) is 77.0 cm³/mol. The summed E-state index contributed by atoms with van der Waals surface area (Å²) >= 11 is 5.15. The van der Waals surface area contributed by atoms with Gasteiger partial charge in [-0.05, 0) is 30.8 Å². The summed E-state index contributed by atoms with van der Waals surface area (Å²) < 4.78 is 0. The zero-order valence-corrected chi connectivity index (χ0v) is 12.1. The molecule has 1 aromatic rings. The Kier molecular flexibility index (Phi) is 4.32. The van der Waals surface area contributed by atoms with Gasteiger partial charge in [0.2, 0.25) is 0 Å². The quantitative estimate of drug-likeness (QED) is 0.561. The highest BCUT2D eigenvalue weighted by molar-refractivity contribution is 7.80. The van der Waals surface area contributed by atoms with Crippen molar-refractivity contribution in [3.63, 3.8) is 0 Å². The molecule has 1 saturated heterocycles. The third-order valence-electron chi connectivity index (χ3n) is 3.30. The van der Waals surface area contributed by atoms with Gasteiger partial charge in [-0.2, -0.15) is 0 Å². The SMILES string of the molecule is CCC(CN1C(=O)C(=O)N(c2ccccc2)C1=S)C(=O)[O-]. The van der Waals surface area contributed by atoms with Gasteiger partial charge in [-0.25, -0.2) is 4.90 Å². The number of aliphatic carboxylic acids is 1. The topological polar surface area (TPSA) is 80.8 Å². The summed E-state index contributed by atoms with van der Waals surface area (Å²) in [6.45, 7) is 1.51. The van der Waals surface area contributed by atoms with E-state index < -0.39 is 23.7 Å². The second-order valence-corrected chi connectivity index (χ2v) is 4.96. The number of rotatable bonds is 5.